The lowest BCUT2D eigenvalue weighted by molar-refractivity contribution is -0.119. The molecule has 2 aromatic heterocycles. The third-order valence-electron chi connectivity index (χ3n) is 4.64. The number of fused-ring (bicyclic) bond motifs is 1. The van der Waals surface area contributed by atoms with Crippen molar-refractivity contribution in [1.82, 2.24) is 14.9 Å². The maximum absolute atomic E-state index is 12.5. The Morgan fingerprint density at radius 2 is 2.25 bits per heavy atom. The van der Waals surface area contributed by atoms with Crippen LogP contribution in [0.15, 0.2) is 21.4 Å². The van der Waals surface area contributed by atoms with Crippen molar-refractivity contribution < 1.29 is 4.79 Å². The largest absolute Gasteiger partial charge is 0.352 e. The van der Waals surface area contributed by atoms with Crippen LogP contribution in [0.1, 0.15) is 39.5 Å². The predicted molar refractivity (Wildman–Crippen MR) is 99.8 cm³/mol. The first-order valence-corrected chi connectivity index (χ1v) is 10.4. The molecule has 0 radical (unpaired) electrons. The Labute approximate surface area is 149 Å². The summed E-state index contributed by atoms with van der Waals surface area (Å²) in [6.07, 6.45) is 4.70. The van der Waals surface area contributed by atoms with Crippen molar-refractivity contribution in [3.63, 3.8) is 0 Å². The molecule has 0 bridgehead atoms. The van der Waals surface area contributed by atoms with Gasteiger partial charge in [0.1, 0.15) is 4.70 Å². The number of amides is 1. The molecule has 1 fully saturated rings. The van der Waals surface area contributed by atoms with Gasteiger partial charge in [-0.2, -0.15) is 0 Å². The first-order valence-electron chi connectivity index (χ1n) is 8.50. The van der Waals surface area contributed by atoms with Crippen LogP contribution in [0, 0.1) is 5.92 Å². The molecule has 0 saturated heterocycles. The normalized spacial score (nSPS) is 21.1. The van der Waals surface area contributed by atoms with Crippen molar-refractivity contribution >= 4 is 39.2 Å². The van der Waals surface area contributed by atoms with Crippen molar-refractivity contribution in [2.24, 2.45) is 5.92 Å². The van der Waals surface area contributed by atoms with Crippen LogP contribution in [0.3, 0.4) is 0 Å². The van der Waals surface area contributed by atoms with Crippen molar-refractivity contribution in [1.29, 1.82) is 0 Å². The Morgan fingerprint density at radius 3 is 3.00 bits per heavy atom. The monoisotopic (exact) mass is 365 g/mol. The van der Waals surface area contributed by atoms with Gasteiger partial charge in [-0.1, -0.05) is 31.5 Å². The molecule has 2 atom stereocenters. The number of nitrogens with one attached hydrogen (secondary N) is 1. The van der Waals surface area contributed by atoms with Crippen LogP contribution >= 0.6 is 23.1 Å². The van der Waals surface area contributed by atoms with E-state index in [1.54, 1.807) is 4.57 Å². The summed E-state index contributed by atoms with van der Waals surface area (Å²) in [5.74, 6) is 0.869. The molecule has 2 aromatic rings. The Kier molecular flexibility index (Phi) is 5.61. The quantitative estimate of drug-likeness (QED) is 0.652. The number of carbonyl (C=O) groups is 1. The maximum atomic E-state index is 12.5. The van der Waals surface area contributed by atoms with E-state index in [2.05, 4.69) is 17.2 Å². The molecule has 130 valence electrons. The highest BCUT2D eigenvalue weighted by Gasteiger charge is 2.23. The molecule has 0 unspecified atom stereocenters. The molecule has 1 amide bonds. The highest BCUT2D eigenvalue weighted by Crippen LogP contribution is 2.24. The third-order valence-corrected chi connectivity index (χ3v) is 6.51. The van der Waals surface area contributed by atoms with Crippen LogP contribution in [0.5, 0.6) is 0 Å². The summed E-state index contributed by atoms with van der Waals surface area (Å²) in [5, 5.41) is 5.66. The SMILES string of the molecule is CCn1c(SCC(=O)N[C@H]2CCCC[C@@H]2C)nc2ccsc2c1=O. The van der Waals surface area contributed by atoms with Crippen molar-refractivity contribution in [3.05, 3.63) is 21.8 Å². The number of aromatic nitrogens is 2. The standard InChI is InChI=1S/C17H23N3O2S2/c1-3-20-16(22)15-13(8-9-23-15)19-17(20)24-10-14(21)18-12-7-5-4-6-11(12)2/h8-9,11-12H,3-7,10H2,1-2H3,(H,18,21)/t11-,12-/m0/s1. The first-order chi connectivity index (χ1) is 11.6. The number of hydrogen-bond acceptors (Lipinski definition) is 5. The zero-order valence-corrected chi connectivity index (χ0v) is 15.7. The Morgan fingerprint density at radius 1 is 1.46 bits per heavy atom. The van der Waals surface area contributed by atoms with Crippen LogP contribution in [0.2, 0.25) is 0 Å². The van der Waals surface area contributed by atoms with Crippen molar-refractivity contribution in [2.45, 2.75) is 57.3 Å². The molecule has 3 rings (SSSR count). The Bertz CT molecular complexity index is 784. The molecule has 5 nitrogen and oxygen atoms in total. The number of carbonyl (C=O) groups excluding carboxylic acids is 1. The smallest absolute Gasteiger partial charge is 0.272 e. The molecule has 24 heavy (non-hydrogen) atoms. The van der Waals surface area contributed by atoms with E-state index in [1.165, 1.54) is 42.4 Å². The van der Waals surface area contributed by atoms with Crippen molar-refractivity contribution in [3.8, 4) is 0 Å². The number of rotatable bonds is 5. The zero-order chi connectivity index (χ0) is 17.1. The second-order valence-corrected chi connectivity index (χ2v) is 8.16. The topological polar surface area (TPSA) is 64.0 Å². The molecule has 2 heterocycles. The van der Waals surface area contributed by atoms with Crippen LogP contribution in [0.4, 0.5) is 0 Å². The van der Waals surface area contributed by atoms with Gasteiger partial charge in [-0.15, -0.1) is 11.3 Å². The number of hydrogen-bond donors (Lipinski definition) is 1. The van der Waals surface area contributed by atoms with Gasteiger partial charge >= 0.3 is 0 Å². The van der Waals surface area contributed by atoms with Crippen LogP contribution < -0.4 is 10.9 Å². The Balaban J connectivity index is 1.68. The average Bonchev–Trinajstić information content (AvgIpc) is 3.04. The van der Waals surface area contributed by atoms with E-state index in [4.69, 9.17) is 0 Å². The van der Waals surface area contributed by atoms with E-state index in [0.29, 0.717) is 28.1 Å². The van der Waals surface area contributed by atoms with E-state index in [1.807, 2.05) is 18.4 Å². The molecule has 0 aromatic carbocycles. The summed E-state index contributed by atoms with van der Waals surface area (Å²) in [6, 6.07) is 2.14. The predicted octanol–water partition coefficient (Wildman–Crippen LogP) is 3.26. The maximum Gasteiger partial charge on any atom is 0.272 e. The molecule has 1 aliphatic carbocycles. The molecule has 1 saturated carbocycles. The van der Waals surface area contributed by atoms with Gasteiger partial charge in [-0.05, 0) is 37.1 Å². The summed E-state index contributed by atoms with van der Waals surface area (Å²) in [6.45, 7) is 4.69. The van der Waals surface area contributed by atoms with Gasteiger partial charge < -0.3 is 5.32 Å². The minimum absolute atomic E-state index is 0.0127. The highest BCUT2D eigenvalue weighted by atomic mass is 32.2. The minimum Gasteiger partial charge on any atom is -0.352 e. The zero-order valence-electron chi connectivity index (χ0n) is 14.1. The van der Waals surface area contributed by atoms with Gasteiger partial charge in [0.05, 0.1) is 11.3 Å². The second kappa shape index (κ2) is 7.70. The molecular formula is C17H23N3O2S2. The van der Waals surface area contributed by atoms with Gasteiger partial charge in [0, 0.05) is 12.6 Å². The van der Waals surface area contributed by atoms with E-state index >= 15 is 0 Å². The molecule has 0 spiro atoms. The van der Waals surface area contributed by atoms with E-state index in [0.717, 1.165) is 11.9 Å². The van der Waals surface area contributed by atoms with Gasteiger partial charge in [-0.3, -0.25) is 14.2 Å². The third kappa shape index (κ3) is 3.67. The number of thioether (sulfide) groups is 1. The van der Waals surface area contributed by atoms with Gasteiger partial charge in [0.15, 0.2) is 5.16 Å². The summed E-state index contributed by atoms with van der Waals surface area (Å²) >= 11 is 2.76. The summed E-state index contributed by atoms with van der Waals surface area (Å²) < 4.78 is 2.33. The fourth-order valence-electron chi connectivity index (χ4n) is 3.22. The fraction of sp³-hybridized carbons (Fsp3) is 0.588. The summed E-state index contributed by atoms with van der Waals surface area (Å²) in [5.41, 5.74) is 0.708. The first kappa shape index (κ1) is 17.5. The van der Waals surface area contributed by atoms with Gasteiger partial charge in [0.2, 0.25) is 5.91 Å². The lowest BCUT2D eigenvalue weighted by Gasteiger charge is -2.29. The van der Waals surface area contributed by atoms with Crippen molar-refractivity contribution in [2.75, 3.05) is 5.75 Å². The molecule has 1 N–H and O–H groups in total. The summed E-state index contributed by atoms with van der Waals surface area (Å²) in [7, 11) is 0. The van der Waals surface area contributed by atoms with Crippen LogP contribution in [-0.2, 0) is 11.3 Å². The minimum atomic E-state index is -0.0127. The van der Waals surface area contributed by atoms with Gasteiger partial charge in [0.25, 0.3) is 5.56 Å². The lowest BCUT2D eigenvalue weighted by atomic mass is 9.86. The van der Waals surface area contributed by atoms with Gasteiger partial charge in [-0.25, -0.2) is 4.98 Å². The summed E-state index contributed by atoms with van der Waals surface area (Å²) in [4.78, 5) is 29.3. The average molecular weight is 366 g/mol. The highest BCUT2D eigenvalue weighted by molar-refractivity contribution is 7.99. The number of nitrogens with zero attached hydrogens (tertiary/aromatic N) is 2. The number of thiophene rings is 1. The van der Waals surface area contributed by atoms with E-state index in [9.17, 15) is 9.59 Å². The molecule has 7 heteroatoms. The fourth-order valence-corrected chi connectivity index (χ4v) is 4.87. The molecule has 1 aliphatic rings. The van der Waals surface area contributed by atoms with Crippen LogP contribution in [0.25, 0.3) is 10.2 Å². The second-order valence-electron chi connectivity index (χ2n) is 6.30. The molecular weight excluding hydrogens is 342 g/mol. The molecule has 0 aliphatic heterocycles. The van der Waals surface area contributed by atoms with E-state index < -0.39 is 0 Å². The Hall–Kier alpha value is -1.34. The lowest BCUT2D eigenvalue weighted by Crippen LogP contribution is -2.41. The van der Waals surface area contributed by atoms with Crippen LogP contribution in [-0.4, -0.2) is 27.3 Å². The van der Waals surface area contributed by atoms with E-state index in [-0.39, 0.29) is 17.5 Å².